The summed E-state index contributed by atoms with van der Waals surface area (Å²) in [5.41, 5.74) is 0. The van der Waals surface area contributed by atoms with Crippen LogP contribution in [-0.4, -0.2) is 12.6 Å². The first-order valence-electron chi connectivity index (χ1n) is 6.51. The SMILES string of the molecule is CC(C)CCCC=O.CCCC(C=O)CC. The largest absolute Gasteiger partial charge is 0.303 e. The summed E-state index contributed by atoms with van der Waals surface area (Å²) < 4.78 is 0. The van der Waals surface area contributed by atoms with Gasteiger partial charge in [-0.1, -0.05) is 40.5 Å². The Kier molecular flexibility index (Phi) is 15.9. The summed E-state index contributed by atoms with van der Waals surface area (Å²) in [4.78, 5) is 19.9. The van der Waals surface area contributed by atoms with Crippen LogP contribution in [0.4, 0.5) is 0 Å². The Morgan fingerprint density at radius 3 is 1.94 bits per heavy atom. The van der Waals surface area contributed by atoms with Crippen molar-refractivity contribution in [3.63, 3.8) is 0 Å². The second-order valence-corrected chi connectivity index (χ2v) is 4.58. The van der Waals surface area contributed by atoms with Crippen LogP contribution >= 0.6 is 0 Å². The molecule has 0 spiro atoms. The number of unbranched alkanes of at least 4 members (excludes halogenated alkanes) is 1. The highest BCUT2D eigenvalue weighted by atomic mass is 16.1. The topological polar surface area (TPSA) is 34.1 Å². The molecule has 0 aromatic carbocycles. The van der Waals surface area contributed by atoms with Gasteiger partial charge in [-0.05, 0) is 25.2 Å². The number of aldehydes is 2. The molecule has 0 aliphatic heterocycles. The molecule has 2 nitrogen and oxygen atoms in total. The maximum absolute atomic E-state index is 10.1. The molecule has 0 saturated carbocycles. The number of rotatable bonds is 8. The van der Waals surface area contributed by atoms with Gasteiger partial charge in [0.2, 0.25) is 0 Å². The third kappa shape index (κ3) is 15.8. The molecule has 1 atom stereocenters. The molecule has 0 aromatic heterocycles. The normalized spacial score (nSPS) is 11.6. The van der Waals surface area contributed by atoms with E-state index in [9.17, 15) is 9.59 Å². The van der Waals surface area contributed by atoms with Crippen LogP contribution in [0.3, 0.4) is 0 Å². The number of carbonyl (C=O) groups is 2. The first-order valence-corrected chi connectivity index (χ1v) is 6.51. The van der Waals surface area contributed by atoms with E-state index in [0.717, 1.165) is 50.6 Å². The molecule has 0 radical (unpaired) electrons. The molecule has 0 aliphatic rings. The minimum Gasteiger partial charge on any atom is -0.303 e. The average molecular weight is 228 g/mol. The fourth-order valence-corrected chi connectivity index (χ4v) is 1.35. The van der Waals surface area contributed by atoms with Gasteiger partial charge in [-0.15, -0.1) is 0 Å². The summed E-state index contributed by atoms with van der Waals surface area (Å²) >= 11 is 0. The van der Waals surface area contributed by atoms with Crippen molar-refractivity contribution in [3.8, 4) is 0 Å². The molecule has 0 heterocycles. The Labute approximate surface area is 101 Å². The van der Waals surface area contributed by atoms with E-state index in [1.54, 1.807) is 0 Å². The minimum absolute atomic E-state index is 0.319. The molecule has 0 rings (SSSR count). The fraction of sp³-hybridized carbons (Fsp3) is 0.857. The van der Waals surface area contributed by atoms with Gasteiger partial charge >= 0.3 is 0 Å². The smallest absolute Gasteiger partial charge is 0.123 e. The second-order valence-electron chi connectivity index (χ2n) is 4.58. The first-order chi connectivity index (χ1) is 7.62. The van der Waals surface area contributed by atoms with Gasteiger partial charge in [0.05, 0.1) is 0 Å². The van der Waals surface area contributed by atoms with Crippen LogP contribution < -0.4 is 0 Å². The molecular formula is C14H28O2. The van der Waals surface area contributed by atoms with E-state index in [1.807, 2.05) is 0 Å². The lowest BCUT2D eigenvalue weighted by Crippen LogP contribution is -1.97. The molecule has 0 amide bonds. The second kappa shape index (κ2) is 14.3. The van der Waals surface area contributed by atoms with Gasteiger partial charge in [-0.2, -0.15) is 0 Å². The molecule has 0 bridgehead atoms. The zero-order valence-corrected chi connectivity index (χ0v) is 11.4. The van der Waals surface area contributed by atoms with Crippen molar-refractivity contribution in [2.45, 2.75) is 66.2 Å². The van der Waals surface area contributed by atoms with Crippen LogP contribution in [0.15, 0.2) is 0 Å². The predicted octanol–water partition coefficient (Wildman–Crippen LogP) is 4.02. The molecule has 1 unspecified atom stereocenters. The van der Waals surface area contributed by atoms with Crippen molar-refractivity contribution in [2.75, 3.05) is 0 Å². The maximum atomic E-state index is 10.1. The van der Waals surface area contributed by atoms with Gasteiger partial charge in [-0.3, -0.25) is 0 Å². The van der Waals surface area contributed by atoms with Crippen molar-refractivity contribution in [1.29, 1.82) is 0 Å². The minimum atomic E-state index is 0.319. The third-order valence-corrected chi connectivity index (χ3v) is 2.48. The molecule has 0 aromatic rings. The molecule has 0 N–H and O–H groups in total. The molecule has 0 fully saturated rings. The van der Waals surface area contributed by atoms with Crippen molar-refractivity contribution in [1.82, 2.24) is 0 Å². The van der Waals surface area contributed by atoms with Gasteiger partial charge in [0, 0.05) is 12.3 Å². The van der Waals surface area contributed by atoms with Gasteiger partial charge in [0.15, 0.2) is 0 Å². The van der Waals surface area contributed by atoms with E-state index < -0.39 is 0 Å². The highest BCUT2D eigenvalue weighted by Crippen LogP contribution is 2.05. The van der Waals surface area contributed by atoms with E-state index in [2.05, 4.69) is 27.7 Å². The van der Waals surface area contributed by atoms with Gasteiger partial charge in [0.25, 0.3) is 0 Å². The van der Waals surface area contributed by atoms with E-state index in [0.29, 0.717) is 5.92 Å². The number of hydrogen-bond donors (Lipinski definition) is 0. The van der Waals surface area contributed by atoms with Gasteiger partial charge in [0.1, 0.15) is 12.6 Å². The molecule has 2 heteroatoms. The Morgan fingerprint density at radius 1 is 1.06 bits per heavy atom. The molecule has 16 heavy (non-hydrogen) atoms. The first kappa shape index (κ1) is 17.7. The third-order valence-electron chi connectivity index (χ3n) is 2.48. The van der Waals surface area contributed by atoms with E-state index >= 15 is 0 Å². The zero-order chi connectivity index (χ0) is 12.8. The fourth-order valence-electron chi connectivity index (χ4n) is 1.35. The lowest BCUT2D eigenvalue weighted by Gasteiger charge is -2.01. The Hall–Kier alpha value is -0.660. The van der Waals surface area contributed by atoms with Crippen molar-refractivity contribution < 1.29 is 9.59 Å². The summed E-state index contributed by atoms with van der Waals surface area (Å²) in [7, 11) is 0. The highest BCUT2D eigenvalue weighted by Gasteiger charge is 1.99. The van der Waals surface area contributed by atoms with Crippen LogP contribution in [0.2, 0.25) is 0 Å². The average Bonchev–Trinajstić information content (AvgIpc) is 2.27. The van der Waals surface area contributed by atoms with Crippen molar-refractivity contribution >= 4 is 12.6 Å². The van der Waals surface area contributed by atoms with Crippen molar-refractivity contribution in [2.24, 2.45) is 11.8 Å². The Morgan fingerprint density at radius 2 is 1.69 bits per heavy atom. The molecular weight excluding hydrogens is 200 g/mol. The zero-order valence-electron chi connectivity index (χ0n) is 11.4. The lowest BCUT2D eigenvalue weighted by molar-refractivity contribution is -0.111. The summed E-state index contributed by atoms with van der Waals surface area (Å²) in [6, 6.07) is 0. The summed E-state index contributed by atoms with van der Waals surface area (Å²) in [6.07, 6.45) is 8.19. The lowest BCUT2D eigenvalue weighted by atomic mass is 10.0. The molecule has 0 saturated heterocycles. The van der Waals surface area contributed by atoms with Crippen LogP contribution in [0.1, 0.15) is 66.2 Å². The number of hydrogen-bond acceptors (Lipinski definition) is 2. The van der Waals surface area contributed by atoms with Crippen LogP contribution in [-0.2, 0) is 9.59 Å². The van der Waals surface area contributed by atoms with E-state index in [4.69, 9.17) is 0 Å². The molecule has 0 aliphatic carbocycles. The summed E-state index contributed by atoms with van der Waals surface area (Å²) in [5, 5.41) is 0. The van der Waals surface area contributed by atoms with E-state index in [-0.39, 0.29) is 0 Å². The Bertz CT molecular complexity index is 153. The number of carbonyl (C=O) groups excluding carboxylic acids is 2. The monoisotopic (exact) mass is 228 g/mol. The highest BCUT2D eigenvalue weighted by molar-refractivity contribution is 5.53. The Balaban J connectivity index is 0. The summed E-state index contributed by atoms with van der Waals surface area (Å²) in [5.74, 6) is 1.06. The predicted molar refractivity (Wildman–Crippen MR) is 69.5 cm³/mol. The van der Waals surface area contributed by atoms with Crippen LogP contribution in [0.5, 0.6) is 0 Å². The van der Waals surface area contributed by atoms with Crippen molar-refractivity contribution in [3.05, 3.63) is 0 Å². The standard InChI is InChI=1S/2C7H14O/c1-7(2)5-3-4-6-8;1-3-5-7(4-2)6-8/h2*6-7H,3-5H2,1-2H3. The van der Waals surface area contributed by atoms with E-state index in [1.165, 1.54) is 6.42 Å². The van der Waals surface area contributed by atoms with Gasteiger partial charge in [-0.25, -0.2) is 0 Å². The summed E-state index contributed by atoms with van der Waals surface area (Å²) in [6.45, 7) is 8.50. The maximum Gasteiger partial charge on any atom is 0.123 e. The quantitative estimate of drug-likeness (QED) is 0.464. The molecule has 96 valence electrons. The van der Waals surface area contributed by atoms with Crippen LogP contribution in [0.25, 0.3) is 0 Å². The van der Waals surface area contributed by atoms with Crippen LogP contribution in [0, 0.1) is 11.8 Å². The van der Waals surface area contributed by atoms with Gasteiger partial charge < -0.3 is 9.59 Å².